The van der Waals surface area contributed by atoms with E-state index in [4.69, 9.17) is 4.74 Å². The number of carbonyl (C=O) groups is 1. The van der Waals surface area contributed by atoms with Gasteiger partial charge in [0.1, 0.15) is 0 Å². The highest BCUT2D eigenvalue weighted by molar-refractivity contribution is 7.88. The number of carbonyl (C=O) groups excluding carboxylic acids is 1. The van der Waals surface area contributed by atoms with Gasteiger partial charge in [-0.1, -0.05) is 12.1 Å². The Morgan fingerprint density at radius 1 is 1.13 bits per heavy atom. The Kier molecular flexibility index (Phi) is 6.15. The molecule has 2 rings (SSSR count). The molecule has 0 N–H and O–H groups in total. The van der Waals surface area contributed by atoms with Gasteiger partial charge in [0.15, 0.2) is 0 Å². The summed E-state index contributed by atoms with van der Waals surface area (Å²) in [6, 6.07) is 6.83. The monoisotopic (exact) mass is 340 g/mol. The predicted molar refractivity (Wildman–Crippen MR) is 88.7 cm³/mol. The third-order valence-corrected chi connectivity index (χ3v) is 5.81. The first-order valence-corrected chi connectivity index (χ1v) is 9.52. The smallest absolute Gasteiger partial charge is 0.253 e. The van der Waals surface area contributed by atoms with Crippen molar-refractivity contribution in [2.45, 2.75) is 19.6 Å². The van der Waals surface area contributed by atoms with Crippen LogP contribution < -0.4 is 0 Å². The number of hydrogen-bond acceptors (Lipinski definition) is 4. The molecule has 0 spiro atoms. The Morgan fingerprint density at radius 2 is 1.70 bits per heavy atom. The van der Waals surface area contributed by atoms with E-state index in [1.807, 2.05) is 13.8 Å². The van der Waals surface area contributed by atoms with Crippen molar-refractivity contribution in [2.75, 3.05) is 39.4 Å². The van der Waals surface area contributed by atoms with Crippen molar-refractivity contribution in [1.29, 1.82) is 0 Å². The van der Waals surface area contributed by atoms with Crippen LogP contribution in [0.25, 0.3) is 0 Å². The minimum Gasteiger partial charge on any atom is -0.379 e. The molecule has 0 radical (unpaired) electrons. The second-order valence-electron chi connectivity index (χ2n) is 5.44. The fraction of sp³-hybridized carbons (Fsp3) is 0.562. The number of amides is 1. The molecule has 1 heterocycles. The molecular weight excluding hydrogens is 316 g/mol. The molecule has 0 aliphatic carbocycles. The predicted octanol–water partition coefficient (Wildman–Crippen LogP) is 1.33. The van der Waals surface area contributed by atoms with E-state index in [1.54, 1.807) is 29.2 Å². The molecule has 0 atom stereocenters. The maximum Gasteiger partial charge on any atom is 0.253 e. The number of nitrogens with zero attached hydrogens (tertiary/aromatic N) is 2. The standard InChI is InChI=1S/C16H24N2O4S/c1-3-17(4-2)16(19)15-7-5-14(6-8-15)13-23(20,21)18-9-11-22-12-10-18/h5-8H,3-4,9-13H2,1-2H3. The number of rotatable bonds is 6. The van der Waals surface area contributed by atoms with Crippen LogP contribution in [0.5, 0.6) is 0 Å². The molecule has 1 aromatic carbocycles. The van der Waals surface area contributed by atoms with Crippen molar-refractivity contribution in [3.8, 4) is 0 Å². The van der Waals surface area contributed by atoms with Crippen molar-refractivity contribution in [2.24, 2.45) is 0 Å². The average Bonchev–Trinajstić information content (AvgIpc) is 2.57. The highest BCUT2D eigenvalue weighted by Gasteiger charge is 2.24. The Bertz CT molecular complexity index is 618. The molecular formula is C16H24N2O4S. The number of ether oxygens (including phenoxy) is 1. The van der Waals surface area contributed by atoms with Crippen molar-refractivity contribution in [3.05, 3.63) is 35.4 Å². The molecule has 1 saturated heterocycles. The fourth-order valence-electron chi connectivity index (χ4n) is 2.56. The van der Waals surface area contributed by atoms with Gasteiger partial charge in [-0.3, -0.25) is 4.79 Å². The van der Waals surface area contributed by atoms with Crippen LogP contribution in [0.2, 0.25) is 0 Å². The average molecular weight is 340 g/mol. The van der Waals surface area contributed by atoms with Crippen LogP contribution in [-0.4, -0.2) is 62.9 Å². The van der Waals surface area contributed by atoms with Gasteiger partial charge < -0.3 is 9.64 Å². The first-order valence-electron chi connectivity index (χ1n) is 7.91. The van der Waals surface area contributed by atoms with E-state index in [9.17, 15) is 13.2 Å². The lowest BCUT2D eigenvalue weighted by atomic mass is 10.1. The quantitative estimate of drug-likeness (QED) is 0.783. The maximum absolute atomic E-state index is 12.4. The summed E-state index contributed by atoms with van der Waals surface area (Å²) < 4.78 is 31.4. The van der Waals surface area contributed by atoms with E-state index in [0.29, 0.717) is 50.5 Å². The zero-order valence-corrected chi connectivity index (χ0v) is 14.5. The number of hydrogen-bond donors (Lipinski definition) is 0. The normalized spacial score (nSPS) is 16.3. The highest BCUT2D eigenvalue weighted by Crippen LogP contribution is 2.14. The fourth-order valence-corrected chi connectivity index (χ4v) is 4.07. The Labute approximate surface area is 138 Å². The summed E-state index contributed by atoms with van der Waals surface area (Å²) in [5, 5.41) is 0. The summed E-state index contributed by atoms with van der Waals surface area (Å²) >= 11 is 0. The summed E-state index contributed by atoms with van der Waals surface area (Å²) in [7, 11) is -3.34. The molecule has 128 valence electrons. The number of sulfonamides is 1. The molecule has 0 saturated carbocycles. The second-order valence-corrected chi connectivity index (χ2v) is 7.41. The maximum atomic E-state index is 12.4. The van der Waals surface area contributed by atoms with E-state index in [-0.39, 0.29) is 11.7 Å². The van der Waals surface area contributed by atoms with Crippen LogP contribution in [0.1, 0.15) is 29.8 Å². The minimum atomic E-state index is -3.34. The lowest BCUT2D eigenvalue weighted by Gasteiger charge is -2.26. The largest absolute Gasteiger partial charge is 0.379 e. The van der Waals surface area contributed by atoms with Gasteiger partial charge in [-0.25, -0.2) is 8.42 Å². The molecule has 0 unspecified atom stereocenters. The van der Waals surface area contributed by atoms with Gasteiger partial charge in [0, 0.05) is 31.7 Å². The molecule has 0 bridgehead atoms. The van der Waals surface area contributed by atoms with E-state index < -0.39 is 10.0 Å². The van der Waals surface area contributed by atoms with E-state index >= 15 is 0 Å². The van der Waals surface area contributed by atoms with Crippen molar-refractivity contribution in [1.82, 2.24) is 9.21 Å². The lowest BCUT2D eigenvalue weighted by molar-refractivity contribution is 0.0729. The van der Waals surface area contributed by atoms with Crippen molar-refractivity contribution < 1.29 is 17.9 Å². The van der Waals surface area contributed by atoms with E-state index in [0.717, 1.165) is 0 Å². The van der Waals surface area contributed by atoms with Gasteiger partial charge in [0.2, 0.25) is 10.0 Å². The number of morpholine rings is 1. The third-order valence-electron chi connectivity index (χ3n) is 3.96. The summed E-state index contributed by atoms with van der Waals surface area (Å²) in [5.41, 5.74) is 1.27. The molecule has 1 aliphatic heterocycles. The molecule has 23 heavy (non-hydrogen) atoms. The molecule has 7 heteroatoms. The summed E-state index contributed by atoms with van der Waals surface area (Å²) in [4.78, 5) is 14.0. The molecule has 1 fully saturated rings. The van der Waals surface area contributed by atoms with Gasteiger partial charge in [0.05, 0.1) is 19.0 Å². The van der Waals surface area contributed by atoms with Crippen molar-refractivity contribution in [3.63, 3.8) is 0 Å². The zero-order chi connectivity index (χ0) is 16.9. The molecule has 1 aliphatic rings. The van der Waals surface area contributed by atoms with Crippen LogP contribution in [0.15, 0.2) is 24.3 Å². The first kappa shape index (κ1) is 17.9. The van der Waals surface area contributed by atoms with Crippen LogP contribution in [0, 0.1) is 0 Å². The third kappa shape index (κ3) is 4.53. The van der Waals surface area contributed by atoms with Gasteiger partial charge in [-0.05, 0) is 31.5 Å². The minimum absolute atomic E-state index is 0.0300. The highest BCUT2D eigenvalue weighted by atomic mass is 32.2. The van der Waals surface area contributed by atoms with E-state index in [2.05, 4.69) is 0 Å². The van der Waals surface area contributed by atoms with Crippen LogP contribution in [0.4, 0.5) is 0 Å². The van der Waals surface area contributed by atoms with Crippen LogP contribution >= 0.6 is 0 Å². The molecule has 0 aromatic heterocycles. The summed E-state index contributed by atoms with van der Waals surface area (Å²) in [6.07, 6.45) is 0. The SMILES string of the molecule is CCN(CC)C(=O)c1ccc(CS(=O)(=O)N2CCOCC2)cc1. The Hall–Kier alpha value is -1.44. The summed E-state index contributed by atoms with van der Waals surface area (Å²) in [6.45, 7) is 6.87. The Balaban J connectivity index is 2.06. The lowest BCUT2D eigenvalue weighted by Crippen LogP contribution is -2.41. The van der Waals surface area contributed by atoms with Gasteiger partial charge in [0.25, 0.3) is 5.91 Å². The first-order chi connectivity index (χ1) is 11.0. The van der Waals surface area contributed by atoms with E-state index in [1.165, 1.54) is 4.31 Å². The Morgan fingerprint density at radius 3 is 2.22 bits per heavy atom. The molecule has 6 nitrogen and oxygen atoms in total. The zero-order valence-electron chi connectivity index (χ0n) is 13.7. The van der Waals surface area contributed by atoms with Gasteiger partial charge in [-0.15, -0.1) is 0 Å². The van der Waals surface area contributed by atoms with Crippen molar-refractivity contribution >= 4 is 15.9 Å². The van der Waals surface area contributed by atoms with Crippen LogP contribution in [-0.2, 0) is 20.5 Å². The van der Waals surface area contributed by atoms with Crippen LogP contribution in [0.3, 0.4) is 0 Å². The van der Waals surface area contributed by atoms with Gasteiger partial charge >= 0.3 is 0 Å². The van der Waals surface area contributed by atoms with Gasteiger partial charge in [-0.2, -0.15) is 4.31 Å². The molecule has 1 amide bonds. The second kappa shape index (κ2) is 7.90. The summed E-state index contributed by atoms with van der Waals surface area (Å²) in [5.74, 6) is -0.0789. The molecule has 1 aromatic rings. The number of benzene rings is 1. The topological polar surface area (TPSA) is 66.9 Å².